The van der Waals surface area contributed by atoms with Gasteiger partial charge in [0.25, 0.3) is 0 Å². The summed E-state index contributed by atoms with van der Waals surface area (Å²) < 4.78 is 1.76. The topological polar surface area (TPSA) is 99.5 Å². The molecular weight excluding hydrogens is 478 g/mol. The Bertz CT molecular complexity index is 1320. The number of hydrogen-bond donors (Lipinski definition) is 3. The number of piperidine rings is 1. The average molecular weight is 516 g/mol. The van der Waals surface area contributed by atoms with Crippen LogP contribution in [0.25, 0.3) is 5.69 Å². The SMILES string of the molecule is Cc1ccc(-n2nc(C(C)(C)C)cc2NC(=O)Nc2ccc(CC34CCCC(CC3)N4C(=O)O)cc2)cc1. The Morgan fingerprint density at radius 2 is 1.74 bits per heavy atom. The van der Waals surface area contributed by atoms with Crippen molar-refractivity contribution in [2.45, 2.75) is 83.2 Å². The molecule has 38 heavy (non-hydrogen) atoms. The van der Waals surface area contributed by atoms with Gasteiger partial charge in [-0.2, -0.15) is 5.10 Å². The molecule has 0 spiro atoms. The quantitative estimate of drug-likeness (QED) is 0.351. The Kier molecular flexibility index (Phi) is 6.67. The average Bonchev–Trinajstić information content (AvgIpc) is 3.37. The third kappa shape index (κ3) is 5.12. The van der Waals surface area contributed by atoms with Gasteiger partial charge < -0.3 is 10.4 Å². The number of carbonyl (C=O) groups excluding carboxylic acids is 1. The molecule has 2 saturated heterocycles. The van der Waals surface area contributed by atoms with Gasteiger partial charge in [-0.15, -0.1) is 0 Å². The molecule has 2 aliphatic heterocycles. The first kappa shape index (κ1) is 25.8. The molecule has 3 aromatic rings. The van der Waals surface area contributed by atoms with E-state index in [1.165, 1.54) is 0 Å². The van der Waals surface area contributed by atoms with Crippen molar-refractivity contribution in [1.82, 2.24) is 14.7 Å². The molecule has 2 aliphatic rings. The molecule has 0 radical (unpaired) electrons. The highest BCUT2D eigenvalue weighted by molar-refractivity contribution is 5.99. The predicted octanol–water partition coefficient (Wildman–Crippen LogP) is 6.73. The molecular formula is C30H37N5O3. The summed E-state index contributed by atoms with van der Waals surface area (Å²) in [5.74, 6) is 0.592. The number of aromatic nitrogens is 2. The van der Waals surface area contributed by atoms with Gasteiger partial charge in [-0.3, -0.25) is 10.2 Å². The standard InChI is InChI=1S/C30H37N5O3/c1-20-7-13-24(14-8-20)35-26(18-25(33-35)29(2,3)4)32-27(36)31-22-11-9-21(10-12-22)19-30-16-5-6-23(15-17-30)34(30)28(37)38/h7-14,18,23H,5-6,15-17,19H2,1-4H3,(H,37,38)(H2,31,32,36). The normalized spacial score (nSPS) is 20.8. The summed E-state index contributed by atoms with van der Waals surface area (Å²) in [7, 11) is 0. The number of hydrogen-bond acceptors (Lipinski definition) is 3. The van der Waals surface area contributed by atoms with Gasteiger partial charge >= 0.3 is 12.1 Å². The molecule has 2 bridgehead atoms. The van der Waals surface area contributed by atoms with Crippen molar-refractivity contribution < 1.29 is 14.7 Å². The van der Waals surface area contributed by atoms with Crippen LogP contribution in [-0.4, -0.2) is 43.5 Å². The van der Waals surface area contributed by atoms with Gasteiger partial charge in [0.1, 0.15) is 5.82 Å². The monoisotopic (exact) mass is 515 g/mol. The zero-order valence-corrected chi connectivity index (χ0v) is 22.6. The van der Waals surface area contributed by atoms with Crippen molar-refractivity contribution >= 4 is 23.6 Å². The zero-order valence-electron chi connectivity index (χ0n) is 22.6. The summed E-state index contributed by atoms with van der Waals surface area (Å²) >= 11 is 0. The first-order valence-electron chi connectivity index (χ1n) is 13.4. The van der Waals surface area contributed by atoms with Gasteiger partial charge in [-0.25, -0.2) is 14.3 Å². The Labute approximate surface area is 224 Å². The van der Waals surface area contributed by atoms with Crippen molar-refractivity contribution in [3.05, 3.63) is 71.4 Å². The van der Waals surface area contributed by atoms with E-state index < -0.39 is 6.09 Å². The lowest BCUT2D eigenvalue weighted by Crippen LogP contribution is -2.54. The number of nitrogens with one attached hydrogen (secondary N) is 2. The Morgan fingerprint density at radius 1 is 1.03 bits per heavy atom. The molecule has 2 atom stereocenters. The number of nitrogens with zero attached hydrogens (tertiary/aromatic N) is 3. The summed E-state index contributed by atoms with van der Waals surface area (Å²) in [6.45, 7) is 8.31. The number of carboxylic acid groups (broad SMARTS) is 1. The second kappa shape index (κ2) is 9.82. The van der Waals surface area contributed by atoms with Crippen LogP contribution in [-0.2, 0) is 11.8 Å². The summed E-state index contributed by atoms with van der Waals surface area (Å²) in [5.41, 5.74) is 4.17. The Balaban J connectivity index is 1.29. The lowest BCUT2D eigenvalue weighted by Gasteiger charge is -2.43. The number of benzene rings is 2. The van der Waals surface area contributed by atoms with Crippen LogP contribution >= 0.6 is 0 Å². The minimum Gasteiger partial charge on any atom is -0.465 e. The number of aryl methyl sites for hydroxylation is 1. The van der Waals surface area contributed by atoms with E-state index >= 15 is 0 Å². The highest BCUT2D eigenvalue weighted by atomic mass is 16.4. The van der Waals surface area contributed by atoms with Crippen molar-refractivity contribution in [3.8, 4) is 5.69 Å². The van der Waals surface area contributed by atoms with Gasteiger partial charge in [0.15, 0.2) is 0 Å². The third-order valence-electron chi connectivity index (χ3n) is 7.95. The molecule has 3 heterocycles. The third-order valence-corrected chi connectivity index (χ3v) is 7.95. The van der Waals surface area contributed by atoms with Crippen molar-refractivity contribution in [3.63, 3.8) is 0 Å². The number of urea groups is 1. The molecule has 2 fully saturated rings. The predicted molar refractivity (Wildman–Crippen MR) is 149 cm³/mol. The van der Waals surface area contributed by atoms with Crippen LogP contribution in [0.2, 0.25) is 0 Å². The van der Waals surface area contributed by atoms with Crippen LogP contribution in [0.1, 0.15) is 69.7 Å². The van der Waals surface area contributed by atoms with Crippen molar-refractivity contribution in [2.75, 3.05) is 10.6 Å². The molecule has 3 amide bonds. The molecule has 0 aliphatic carbocycles. The van der Waals surface area contributed by atoms with E-state index in [0.29, 0.717) is 17.9 Å². The molecule has 1 aromatic heterocycles. The Morgan fingerprint density at radius 3 is 2.39 bits per heavy atom. The summed E-state index contributed by atoms with van der Waals surface area (Å²) in [5, 5.41) is 20.5. The molecule has 2 aromatic carbocycles. The number of carbonyl (C=O) groups is 2. The number of anilines is 2. The number of amides is 3. The fourth-order valence-electron chi connectivity index (χ4n) is 5.96. The largest absolute Gasteiger partial charge is 0.465 e. The molecule has 8 nitrogen and oxygen atoms in total. The van der Waals surface area contributed by atoms with Crippen LogP contribution in [0.15, 0.2) is 54.6 Å². The van der Waals surface area contributed by atoms with Crippen LogP contribution in [0.3, 0.4) is 0 Å². The Hall–Kier alpha value is -3.81. The second-order valence-electron chi connectivity index (χ2n) is 11.8. The fourth-order valence-corrected chi connectivity index (χ4v) is 5.96. The van der Waals surface area contributed by atoms with E-state index in [4.69, 9.17) is 5.10 Å². The maximum atomic E-state index is 13.0. The summed E-state index contributed by atoms with van der Waals surface area (Å²) in [6.07, 6.45) is 4.70. The minimum atomic E-state index is -0.804. The highest BCUT2D eigenvalue weighted by Gasteiger charge is 2.51. The van der Waals surface area contributed by atoms with E-state index in [0.717, 1.165) is 54.6 Å². The van der Waals surface area contributed by atoms with E-state index in [-0.39, 0.29) is 23.0 Å². The lowest BCUT2D eigenvalue weighted by atomic mass is 9.82. The minimum absolute atomic E-state index is 0.151. The van der Waals surface area contributed by atoms with Crippen molar-refractivity contribution in [2.24, 2.45) is 0 Å². The van der Waals surface area contributed by atoms with E-state index in [2.05, 4.69) is 31.4 Å². The van der Waals surface area contributed by atoms with Crippen LogP contribution in [0.4, 0.5) is 21.1 Å². The molecule has 200 valence electrons. The summed E-state index contributed by atoms with van der Waals surface area (Å²) in [4.78, 5) is 26.7. The summed E-state index contributed by atoms with van der Waals surface area (Å²) in [6, 6.07) is 17.5. The highest BCUT2D eigenvalue weighted by Crippen LogP contribution is 2.46. The van der Waals surface area contributed by atoms with Gasteiger partial charge in [-0.1, -0.05) is 50.6 Å². The van der Waals surface area contributed by atoms with Crippen LogP contribution < -0.4 is 10.6 Å². The van der Waals surface area contributed by atoms with E-state index in [9.17, 15) is 14.7 Å². The van der Waals surface area contributed by atoms with Crippen LogP contribution in [0.5, 0.6) is 0 Å². The maximum Gasteiger partial charge on any atom is 0.408 e. The van der Waals surface area contributed by atoms with Crippen molar-refractivity contribution in [1.29, 1.82) is 0 Å². The maximum absolute atomic E-state index is 13.0. The molecule has 3 N–H and O–H groups in total. The van der Waals surface area contributed by atoms with E-state index in [1.807, 2.05) is 61.5 Å². The van der Waals surface area contributed by atoms with Gasteiger partial charge in [-0.05, 0) is 75.3 Å². The smallest absolute Gasteiger partial charge is 0.408 e. The van der Waals surface area contributed by atoms with Crippen LogP contribution in [0, 0.1) is 6.92 Å². The first-order valence-corrected chi connectivity index (χ1v) is 13.4. The number of rotatable bonds is 5. The zero-order chi connectivity index (χ0) is 27.1. The second-order valence-corrected chi connectivity index (χ2v) is 11.8. The lowest BCUT2D eigenvalue weighted by molar-refractivity contribution is 0.0520. The van der Waals surface area contributed by atoms with E-state index in [1.54, 1.807) is 9.58 Å². The molecule has 0 saturated carbocycles. The molecule has 8 heteroatoms. The molecule has 2 unspecified atom stereocenters. The molecule has 5 rings (SSSR count). The fraction of sp³-hybridized carbons (Fsp3) is 0.433. The number of fused-ring (bicyclic) bond motifs is 2. The van der Waals surface area contributed by atoms with Gasteiger partial charge in [0.2, 0.25) is 0 Å². The first-order chi connectivity index (χ1) is 18.0. The van der Waals surface area contributed by atoms with Gasteiger partial charge in [0, 0.05) is 23.2 Å². The van der Waals surface area contributed by atoms with Gasteiger partial charge in [0.05, 0.1) is 16.9 Å².